The summed E-state index contributed by atoms with van der Waals surface area (Å²) in [6.45, 7) is 4.21. The molecule has 0 bridgehead atoms. The molecule has 2 heterocycles. The van der Waals surface area contributed by atoms with E-state index in [1.807, 2.05) is 52.4 Å². The summed E-state index contributed by atoms with van der Waals surface area (Å²) in [6, 6.07) is 17.8. The van der Waals surface area contributed by atoms with Crippen molar-refractivity contribution in [3.8, 4) is 5.75 Å². The van der Waals surface area contributed by atoms with E-state index in [0.29, 0.717) is 31.8 Å². The topological polar surface area (TPSA) is 53.0 Å². The van der Waals surface area contributed by atoms with E-state index >= 15 is 0 Å². The van der Waals surface area contributed by atoms with Crippen molar-refractivity contribution in [3.05, 3.63) is 87.9 Å². The molecule has 2 unspecified atom stereocenters. The van der Waals surface area contributed by atoms with Crippen molar-refractivity contribution in [2.24, 2.45) is 0 Å². The van der Waals surface area contributed by atoms with E-state index in [2.05, 4.69) is 6.07 Å². The Kier molecular flexibility index (Phi) is 8.32. The number of hydrogen-bond acceptors (Lipinski definition) is 5. The van der Waals surface area contributed by atoms with Crippen LogP contribution >= 0.6 is 11.3 Å². The largest absolute Gasteiger partial charge is 0.491 e. The number of benzene rings is 2. The van der Waals surface area contributed by atoms with Crippen molar-refractivity contribution in [2.75, 3.05) is 32.8 Å². The standard InChI is InChI=1S/C27H31FN2O3S/c1-2-29(17-22(31)15-20-7-4-3-5-8-20)18-27(32)30-13-11-26-24(12-14-34-26)25(30)19-33-23-10-6-9-21(28)16-23/h3-10,12,14,16,22,25,31H,2,11,13,15,17-19H2,1H3. The predicted octanol–water partition coefficient (Wildman–Crippen LogP) is 4.32. The van der Waals surface area contributed by atoms with E-state index in [4.69, 9.17) is 4.74 Å². The van der Waals surface area contributed by atoms with Gasteiger partial charge in [-0.3, -0.25) is 9.69 Å². The molecule has 0 saturated carbocycles. The third kappa shape index (κ3) is 6.23. The summed E-state index contributed by atoms with van der Waals surface area (Å²) in [5.41, 5.74) is 2.18. The van der Waals surface area contributed by atoms with Crippen LogP contribution in [0.25, 0.3) is 0 Å². The van der Waals surface area contributed by atoms with Gasteiger partial charge in [0.15, 0.2) is 0 Å². The first-order chi connectivity index (χ1) is 16.5. The highest BCUT2D eigenvalue weighted by molar-refractivity contribution is 7.10. The second kappa shape index (κ2) is 11.6. The fourth-order valence-electron chi connectivity index (χ4n) is 4.44. The van der Waals surface area contributed by atoms with Gasteiger partial charge in [0.1, 0.15) is 18.2 Å². The molecule has 0 radical (unpaired) electrons. The summed E-state index contributed by atoms with van der Waals surface area (Å²) in [4.78, 5) is 18.5. The molecule has 1 aromatic heterocycles. The van der Waals surface area contributed by atoms with Crippen LogP contribution in [-0.4, -0.2) is 59.7 Å². The van der Waals surface area contributed by atoms with Gasteiger partial charge in [-0.25, -0.2) is 4.39 Å². The molecule has 1 amide bonds. The summed E-state index contributed by atoms with van der Waals surface area (Å²) in [7, 11) is 0. The minimum Gasteiger partial charge on any atom is -0.491 e. The summed E-state index contributed by atoms with van der Waals surface area (Å²) in [6.07, 6.45) is 0.822. The number of halogens is 1. The van der Waals surface area contributed by atoms with E-state index < -0.39 is 6.10 Å². The second-order valence-corrected chi connectivity index (χ2v) is 9.59. The Balaban J connectivity index is 1.41. The van der Waals surface area contributed by atoms with Crippen LogP contribution < -0.4 is 4.74 Å². The van der Waals surface area contributed by atoms with Crippen molar-refractivity contribution in [1.29, 1.82) is 0 Å². The minimum absolute atomic E-state index is 0.0125. The van der Waals surface area contributed by atoms with Crippen molar-refractivity contribution in [3.63, 3.8) is 0 Å². The van der Waals surface area contributed by atoms with Gasteiger partial charge >= 0.3 is 0 Å². The third-order valence-electron chi connectivity index (χ3n) is 6.21. The summed E-state index contributed by atoms with van der Waals surface area (Å²) in [5.74, 6) is 0.116. The average Bonchev–Trinajstić information content (AvgIpc) is 3.32. The molecule has 3 aromatic rings. The number of nitrogens with zero attached hydrogens (tertiary/aromatic N) is 2. The zero-order chi connectivity index (χ0) is 23.9. The average molecular weight is 483 g/mol. The first-order valence-electron chi connectivity index (χ1n) is 11.7. The van der Waals surface area contributed by atoms with Gasteiger partial charge in [0.25, 0.3) is 0 Å². The number of ether oxygens (including phenoxy) is 1. The van der Waals surface area contributed by atoms with E-state index in [-0.39, 0.29) is 30.9 Å². The molecule has 1 aliphatic rings. The molecule has 5 nitrogen and oxygen atoms in total. The molecule has 1 N–H and O–H groups in total. The van der Waals surface area contributed by atoms with Gasteiger partial charge in [-0.1, -0.05) is 43.3 Å². The van der Waals surface area contributed by atoms with Crippen LogP contribution in [-0.2, 0) is 17.6 Å². The highest BCUT2D eigenvalue weighted by Crippen LogP contribution is 2.34. The number of carbonyl (C=O) groups is 1. The van der Waals surface area contributed by atoms with Crippen molar-refractivity contribution < 1.29 is 19.0 Å². The van der Waals surface area contributed by atoms with Crippen molar-refractivity contribution in [1.82, 2.24) is 9.80 Å². The highest BCUT2D eigenvalue weighted by Gasteiger charge is 2.33. The summed E-state index contributed by atoms with van der Waals surface area (Å²) >= 11 is 1.70. The molecule has 4 rings (SSSR count). The van der Waals surface area contributed by atoms with Crippen LogP contribution in [0.15, 0.2) is 66.0 Å². The Morgan fingerprint density at radius 2 is 2.06 bits per heavy atom. The molecule has 0 spiro atoms. The van der Waals surface area contributed by atoms with E-state index in [9.17, 15) is 14.3 Å². The summed E-state index contributed by atoms with van der Waals surface area (Å²) in [5, 5.41) is 12.6. The van der Waals surface area contributed by atoms with Crippen molar-refractivity contribution >= 4 is 17.2 Å². The molecule has 2 aromatic carbocycles. The molecule has 2 atom stereocenters. The lowest BCUT2D eigenvalue weighted by atomic mass is 10.0. The van der Waals surface area contributed by atoms with Gasteiger partial charge in [0.2, 0.25) is 5.91 Å². The predicted molar refractivity (Wildman–Crippen MR) is 133 cm³/mol. The number of fused-ring (bicyclic) bond motifs is 1. The molecule has 0 saturated heterocycles. The SMILES string of the molecule is CCN(CC(=O)N1CCc2sccc2C1COc1cccc(F)c1)CC(O)Cc1ccccc1. The molecule has 0 fully saturated rings. The number of likely N-dealkylation sites (N-methyl/N-ethyl adjacent to an activating group) is 1. The smallest absolute Gasteiger partial charge is 0.237 e. The first kappa shape index (κ1) is 24.4. The third-order valence-corrected chi connectivity index (χ3v) is 7.20. The molecule has 1 aliphatic heterocycles. The van der Waals surface area contributed by atoms with Gasteiger partial charge in [-0.2, -0.15) is 0 Å². The van der Waals surface area contributed by atoms with Crippen LogP contribution in [0.1, 0.15) is 29.0 Å². The number of thiophene rings is 1. The lowest BCUT2D eigenvalue weighted by molar-refractivity contribution is -0.136. The van der Waals surface area contributed by atoms with E-state index in [1.54, 1.807) is 23.5 Å². The number of rotatable bonds is 10. The molecular formula is C27H31FN2O3S. The number of aliphatic hydroxyl groups excluding tert-OH is 1. The fourth-order valence-corrected chi connectivity index (χ4v) is 5.37. The zero-order valence-corrected chi connectivity index (χ0v) is 20.2. The van der Waals surface area contributed by atoms with Crippen LogP contribution in [0.3, 0.4) is 0 Å². The van der Waals surface area contributed by atoms with E-state index in [0.717, 1.165) is 17.5 Å². The molecule has 0 aliphatic carbocycles. The zero-order valence-electron chi connectivity index (χ0n) is 19.4. The first-order valence-corrected chi connectivity index (χ1v) is 12.6. The number of carbonyl (C=O) groups excluding carboxylic acids is 1. The van der Waals surface area contributed by atoms with Crippen LogP contribution in [0, 0.1) is 5.82 Å². The highest BCUT2D eigenvalue weighted by atomic mass is 32.1. The molecule has 7 heteroatoms. The number of amides is 1. The quantitative estimate of drug-likeness (QED) is 0.468. The maximum absolute atomic E-state index is 13.6. The number of hydrogen-bond donors (Lipinski definition) is 1. The Morgan fingerprint density at radius 1 is 1.24 bits per heavy atom. The normalized spacial score (nSPS) is 16.4. The fraction of sp³-hybridized carbons (Fsp3) is 0.370. The summed E-state index contributed by atoms with van der Waals surface area (Å²) < 4.78 is 19.5. The maximum Gasteiger partial charge on any atom is 0.237 e. The second-order valence-electron chi connectivity index (χ2n) is 8.59. The van der Waals surface area contributed by atoms with Crippen molar-refractivity contribution in [2.45, 2.75) is 31.9 Å². The van der Waals surface area contributed by atoms with Gasteiger partial charge in [-0.05, 0) is 54.1 Å². The minimum atomic E-state index is -0.549. The Bertz CT molecular complexity index is 1070. The van der Waals surface area contributed by atoms with Gasteiger partial charge in [-0.15, -0.1) is 11.3 Å². The Morgan fingerprint density at radius 3 is 2.82 bits per heavy atom. The van der Waals surface area contributed by atoms with Gasteiger partial charge in [0.05, 0.1) is 18.7 Å². The van der Waals surface area contributed by atoms with Crippen LogP contribution in [0.2, 0.25) is 0 Å². The maximum atomic E-state index is 13.6. The Labute approximate surface area is 204 Å². The van der Waals surface area contributed by atoms with Gasteiger partial charge < -0.3 is 14.7 Å². The molecular weight excluding hydrogens is 451 g/mol. The number of aliphatic hydroxyl groups is 1. The van der Waals surface area contributed by atoms with Crippen LogP contribution in [0.5, 0.6) is 5.75 Å². The lowest BCUT2D eigenvalue weighted by Crippen LogP contribution is -2.47. The molecule has 180 valence electrons. The van der Waals surface area contributed by atoms with Crippen LogP contribution in [0.4, 0.5) is 4.39 Å². The van der Waals surface area contributed by atoms with Gasteiger partial charge in [0, 0.05) is 24.0 Å². The lowest BCUT2D eigenvalue weighted by Gasteiger charge is -2.37. The molecule has 34 heavy (non-hydrogen) atoms. The van der Waals surface area contributed by atoms with E-state index in [1.165, 1.54) is 17.0 Å². The monoisotopic (exact) mass is 482 g/mol. The Hall–Kier alpha value is -2.74.